The van der Waals surface area contributed by atoms with Gasteiger partial charge in [0.05, 0.1) is 0 Å². The monoisotopic (exact) mass is 255 g/mol. The van der Waals surface area contributed by atoms with E-state index in [9.17, 15) is 9.59 Å². The lowest BCUT2D eigenvalue weighted by Crippen LogP contribution is -2.51. The number of ether oxygens (including phenoxy) is 1. The van der Waals surface area contributed by atoms with Crippen molar-refractivity contribution in [2.45, 2.75) is 53.1 Å². The number of ketones is 1. The van der Waals surface area contributed by atoms with Crippen molar-refractivity contribution >= 4 is 11.9 Å². The summed E-state index contributed by atoms with van der Waals surface area (Å²) in [5.41, 5.74) is -0.435. The number of Topliss-reactive ketones (excluding diaryl/α,β-unsaturated/α-hetero) is 1. The third-order valence-electron chi connectivity index (χ3n) is 3.05. The maximum Gasteiger partial charge on any atom is 0.410 e. The Labute approximate surface area is 110 Å². The van der Waals surface area contributed by atoms with E-state index in [4.69, 9.17) is 4.74 Å². The van der Waals surface area contributed by atoms with Gasteiger partial charge in [-0.05, 0) is 33.1 Å². The molecule has 0 bridgehead atoms. The number of carbonyl (C=O) groups is 2. The molecule has 0 N–H and O–H groups in total. The van der Waals surface area contributed by atoms with Gasteiger partial charge in [-0.2, -0.15) is 0 Å². The largest absolute Gasteiger partial charge is 0.444 e. The molecule has 18 heavy (non-hydrogen) atoms. The third-order valence-corrected chi connectivity index (χ3v) is 3.05. The number of hydrogen-bond acceptors (Lipinski definition) is 3. The Hall–Kier alpha value is -1.06. The Morgan fingerprint density at radius 2 is 1.83 bits per heavy atom. The Bertz CT molecular complexity index is 311. The van der Waals surface area contributed by atoms with Gasteiger partial charge >= 0.3 is 6.09 Å². The van der Waals surface area contributed by atoms with Crippen LogP contribution in [0.25, 0.3) is 0 Å². The normalized spacial score (nSPS) is 16.7. The maximum absolute atomic E-state index is 11.7. The zero-order valence-electron chi connectivity index (χ0n) is 12.2. The van der Waals surface area contributed by atoms with E-state index < -0.39 is 5.60 Å². The molecule has 1 saturated heterocycles. The van der Waals surface area contributed by atoms with Gasteiger partial charge in [0, 0.05) is 25.4 Å². The molecule has 0 aliphatic carbocycles. The van der Waals surface area contributed by atoms with Crippen molar-refractivity contribution in [2.24, 2.45) is 11.8 Å². The van der Waals surface area contributed by atoms with E-state index in [1.54, 1.807) is 4.90 Å². The lowest BCUT2D eigenvalue weighted by molar-refractivity contribution is -0.122. The van der Waals surface area contributed by atoms with Gasteiger partial charge in [0.15, 0.2) is 0 Å². The molecule has 1 amide bonds. The molecule has 0 aromatic heterocycles. The first kappa shape index (κ1) is 15.0. The van der Waals surface area contributed by atoms with Crippen molar-refractivity contribution in [1.82, 2.24) is 4.90 Å². The first-order valence-electron chi connectivity index (χ1n) is 6.69. The summed E-state index contributed by atoms with van der Waals surface area (Å²) in [6, 6.07) is 0. The zero-order chi connectivity index (χ0) is 13.9. The molecule has 0 atom stereocenters. The summed E-state index contributed by atoms with van der Waals surface area (Å²) in [5, 5.41) is 0. The summed E-state index contributed by atoms with van der Waals surface area (Å²) < 4.78 is 5.27. The van der Waals surface area contributed by atoms with E-state index in [1.165, 1.54) is 0 Å². The van der Waals surface area contributed by atoms with Gasteiger partial charge < -0.3 is 9.64 Å². The summed E-state index contributed by atoms with van der Waals surface area (Å²) >= 11 is 0. The fourth-order valence-electron chi connectivity index (χ4n) is 1.86. The van der Waals surface area contributed by atoms with Crippen LogP contribution in [0.4, 0.5) is 4.79 Å². The Balaban J connectivity index is 2.20. The summed E-state index contributed by atoms with van der Waals surface area (Å²) in [5.74, 6) is 0.887. The van der Waals surface area contributed by atoms with Crippen molar-refractivity contribution in [3.05, 3.63) is 0 Å². The van der Waals surface area contributed by atoms with E-state index in [0.29, 0.717) is 18.1 Å². The van der Waals surface area contributed by atoms with Crippen LogP contribution in [0, 0.1) is 11.8 Å². The second kappa shape index (κ2) is 5.72. The molecule has 1 aliphatic rings. The van der Waals surface area contributed by atoms with Crippen molar-refractivity contribution in [2.75, 3.05) is 13.1 Å². The molecule has 0 aromatic rings. The Morgan fingerprint density at radius 1 is 1.28 bits per heavy atom. The molecule has 4 heteroatoms. The molecule has 4 nitrogen and oxygen atoms in total. The van der Waals surface area contributed by atoms with E-state index in [1.807, 2.05) is 34.6 Å². The molecule has 1 fully saturated rings. The van der Waals surface area contributed by atoms with Crippen LogP contribution in [-0.4, -0.2) is 35.5 Å². The van der Waals surface area contributed by atoms with E-state index >= 15 is 0 Å². The minimum Gasteiger partial charge on any atom is -0.444 e. The molecule has 0 unspecified atom stereocenters. The predicted molar refractivity (Wildman–Crippen MR) is 70.4 cm³/mol. The molecule has 1 rings (SSSR count). The molecule has 0 spiro atoms. The number of likely N-dealkylation sites (tertiary alicyclic amines) is 1. The second-order valence-corrected chi connectivity index (χ2v) is 6.41. The number of nitrogens with zero attached hydrogens (tertiary/aromatic N) is 1. The van der Waals surface area contributed by atoms with Crippen LogP contribution >= 0.6 is 0 Å². The minimum absolute atomic E-state index is 0.118. The van der Waals surface area contributed by atoms with Crippen LogP contribution < -0.4 is 0 Å². The molecule has 0 saturated carbocycles. The van der Waals surface area contributed by atoms with Crippen LogP contribution in [0.3, 0.4) is 0 Å². The number of rotatable bonds is 4. The Kier molecular flexibility index (Phi) is 4.77. The highest BCUT2D eigenvalue weighted by molar-refractivity contribution is 5.80. The Morgan fingerprint density at radius 3 is 2.28 bits per heavy atom. The molecule has 104 valence electrons. The van der Waals surface area contributed by atoms with Crippen molar-refractivity contribution in [3.63, 3.8) is 0 Å². The molecule has 0 radical (unpaired) electrons. The topological polar surface area (TPSA) is 46.6 Å². The molecule has 1 heterocycles. The fourth-order valence-corrected chi connectivity index (χ4v) is 1.86. The van der Waals surface area contributed by atoms with E-state index in [2.05, 4.69) is 0 Å². The summed E-state index contributed by atoms with van der Waals surface area (Å²) in [4.78, 5) is 24.9. The van der Waals surface area contributed by atoms with Gasteiger partial charge in [0.2, 0.25) is 0 Å². The van der Waals surface area contributed by atoms with Crippen LogP contribution in [0.1, 0.15) is 47.5 Å². The predicted octanol–water partition coefficient (Wildman–Crippen LogP) is 2.86. The highest BCUT2D eigenvalue weighted by Gasteiger charge is 2.33. The van der Waals surface area contributed by atoms with Gasteiger partial charge in [-0.3, -0.25) is 4.79 Å². The smallest absolute Gasteiger partial charge is 0.410 e. The highest BCUT2D eigenvalue weighted by Crippen LogP contribution is 2.23. The molecule has 0 aromatic carbocycles. The van der Waals surface area contributed by atoms with E-state index in [0.717, 1.165) is 19.5 Å². The number of carbonyl (C=O) groups excluding carboxylic acids is 2. The molecular formula is C14H25NO3. The quantitative estimate of drug-likeness (QED) is 0.776. The average Bonchev–Trinajstić information content (AvgIpc) is 2.11. The van der Waals surface area contributed by atoms with Gasteiger partial charge in [-0.25, -0.2) is 4.79 Å². The lowest BCUT2D eigenvalue weighted by atomic mass is 9.92. The van der Waals surface area contributed by atoms with Crippen molar-refractivity contribution in [1.29, 1.82) is 0 Å². The average molecular weight is 255 g/mol. The van der Waals surface area contributed by atoms with Crippen molar-refractivity contribution < 1.29 is 14.3 Å². The van der Waals surface area contributed by atoms with Gasteiger partial charge in [0.25, 0.3) is 0 Å². The standard InChI is InChI=1S/C14H25NO3/c1-10(2)12(16)7-6-11-8-15(9-11)13(17)18-14(3,4)5/h10-11H,6-9H2,1-5H3. The SMILES string of the molecule is CC(C)C(=O)CCC1CN(C(=O)OC(C)(C)C)C1. The second-order valence-electron chi connectivity index (χ2n) is 6.41. The number of hydrogen-bond donors (Lipinski definition) is 0. The summed E-state index contributed by atoms with van der Waals surface area (Å²) in [7, 11) is 0. The first-order valence-corrected chi connectivity index (χ1v) is 6.69. The van der Waals surface area contributed by atoms with Gasteiger partial charge in [0.1, 0.15) is 11.4 Å². The summed E-state index contributed by atoms with van der Waals surface area (Å²) in [6.07, 6.45) is 1.27. The maximum atomic E-state index is 11.7. The minimum atomic E-state index is -0.435. The van der Waals surface area contributed by atoms with Gasteiger partial charge in [-0.1, -0.05) is 13.8 Å². The van der Waals surface area contributed by atoms with Gasteiger partial charge in [-0.15, -0.1) is 0 Å². The van der Waals surface area contributed by atoms with Crippen LogP contribution in [0.15, 0.2) is 0 Å². The van der Waals surface area contributed by atoms with Crippen LogP contribution in [0.5, 0.6) is 0 Å². The highest BCUT2D eigenvalue weighted by atomic mass is 16.6. The molecular weight excluding hydrogens is 230 g/mol. The third kappa shape index (κ3) is 4.67. The first-order chi connectivity index (χ1) is 8.19. The van der Waals surface area contributed by atoms with Crippen molar-refractivity contribution in [3.8, 4) is 0 Å². The van der Waals surface area contributed by atoms with Crippen LogP contribution in [0.2, 0.25) is 0 Å². The zero-order valence-corrected chi connectivity index (χ0v) is 12.2. The van der Waals surface area contributed by atoms with Crippen LogP contribution in [-0.2, 0) is 9.53 Å². The fraction of sp³-hybridized carbons (Fsp3) is 0.857. The van der Waals surface area contributed by atoms with E-state index in [-0.39, 0.29) is 12.0 Å². The lowest BCUT2D eigenvalue weighted by Gasteiger charge is -2.39. The summed E-state index contributed by atoms with van der Waals surface area (Å²) in [6.45, 7) is 10.9. The number of amides is 1. The molecule has 1 aliphatic heterocycles.